The third-order valence-corrected chi connectivity index (χ3v) is 6.42. The van der Waals surface area contributed by atoms with Crippen molar-refractivity contribution in [1.82, 2.24) is 4.90 Å². The van der Waals surface area contributed by atoms with Gasteiger partial charge in [0.15, 0.2) is 0 Å². The van der Waals surface area contributed by atoms with Crippen molar-refractivity contribution in [3.8, 4) is 0 Å². The van der Waals surface area contributed by atoms with Crippen LogP contribution in [0.25, 0.3) is 0 Å². The largest absolute Gasteiger partial charge is 0.298 e. The molecule has 0 bridgehead atoms. The first-order valence-electron chi connectivity index (χ1n) is 11.1. The molecule has 1 aliphatic carbocycles. The third kappa shape index (κ3) is 5.67. The summed E-state index contributed by atoms with van der Waals surface area (Å²) in [6.07, 6.45) is 5.46. The summed E-state index contributed by atoms with van der Waals surface area (Å²) < 4.78 is 14.0. The van der Waals surface area contributed by atoms with Crippen molar-refractivity contribution in [2.75, 3.05) is 6.54 Å². The van der Waals surface area contributed by atoms with E-state index in [0.29, 0.717) is 12.1 Å². The van der Waals surface area contributed by atoms with Gasteiger partial charge in [0.2, 0.25) is 0 Å². The maximum absolute atomic E-state index is 14.0. The second kappa shape index (κ2) is 10.2. The minimum Gasteiger partial charge on any atom is -0.298 e. The number of halogens is 1. The van der Waals surface area contributed by atoms with E-state index >= 15 is 0 Å². The topological polar surface area (TPSA) is 3.24 Å². The van der Waals surface area contributed by atoms with E-state index in [0.717, 1.165) is 45.1 Å². The zero-order valence-corrected chi connectivity index (χ0v) is 17.8. The molecule has 152 valence electrons. The molecule has 1 nitrogen and oxygen atoms in total. The van der Waals surface area contributed by atoms with Crippen molar-refractivity contribution in [2.24, 2.45) is 0 Å². The monoisotopic (exact) mass is 381 g/mol. The zero-order chi connectivity index (χ0) is 19.9. The summed E-state index contributed by atoms with van der Waals surface area (Å²) >= 11 is 0. The van der Waals surface area contributed by atoms with E-state index in [1.807, 2.05) is 0 Å². The van der Waals surface area contributed by atoms with Gasteiger partial charge in [-0.15, -0.1) is 0 Å². The van der Waals surface area contributed by atoms with Gasteiger partial charge in [0.1, 0.15) is 6.17 Å². The van der Waals surface area contributed by atoms with E-state index in [1.54, 1.807) is 0 Å². The van der Waals surface area contributed by atoms with Crippen molar-refractivity contribution in [2.45, 2.75) is 83.5 Å². The van der Waals surface area contributed by atoms with Gasteiger partial charge < -0.3 is 0 Å². The molecule has 2 aromatic carbocycles. The summed E-state index contributed by atoms with van der Waals surface area (Å²) in [6.45, 7) is 8.05. The highest BCUT2D eigenvalue weighted by molar-refractivity contribution is 5.27. The number of alkyl halides is 1. The number of aryl methyl sites for hydroxylation is 1. The van der Waals surface area contributed by atoms with Crippen molar-refractivity contribution >= 4 is 0 Å². The van der Waals surface area contributed by atoms with Crippen LogP contribution in [0.15, 0.2) is 54.6 Å². The van der Waals surface area contributed by atoms with Crippen LogP contribution in [0.2, 0.25) is 0 Å². The number of hydrogen-bond donors (Lipinski definition) is 0. The Labute approximate surface area is 171 Å². The highest BCUT2D eigenvalue weighted by Crippen LogP contribution is 2.36. The summed E-state index contributed by atoms with van der Waals surface area (Å²) in [5, 5.41) is 0. The van der Waals surface area contributed by atoms with Crippen molar-refractivity contribution in [3.63, 3.8) is 0 Å². The molecular formula is C26H36FN. The van der Waals surface area contributed by atoms with Gasteiger partial charge in [-0.3, -0.25) is 4.90 Å². The quantitative estimate of drug-likeness (QED) is 0.475. The molecule has 0 amide bonds. The van der Waals surface area contributed by atoms with Crippen molar-refractivity contribution < 1.29 is 4.39 Å². The maximum atomic E-state index is 14.0. The van der Waals surface area contributed by atoms with Gasteiger partial charge in [-0.25, -0.2) is 4.39 Å². The van der Waals surface area contributed by atoms with E-state index in [-0.39, 0.29) is 5.92 Å². The number of hydrogen-bond acceptors (Lipinski definition) is 1. The number of rotatable bonds is 9. The van der Waals surface area contributed by atoms with Crippen LogP contribution < -0.4 is 0 Å². The molecule has 0 N–H and O–H groups in total. The first kappa shape index (κ1) is 21.0. The van der Waals surface area contributed by atoms with E-state index < -0.39 is 6.17 Å². The van der Waals surface area contributed by atoms with Crippen molar-refractivity contribution in [3.05, 3.63) is 71.3 Å². The molecule has 1 fully saturated rings. The Morgan fingerprint density at radius 2 is 1.57 bits per heavy atom. The summed E-state index contributed by atoms with van der Waals surface area (Å²) in [4.78, 5) is 2.62. The van der Waals surface area contributed by atoms with Crippen LogP contribution in [0, 0.1) is 0 Å². The molecule has 3 atom stereocenters. The van der Waals surface area contributed by atoms with Gasteiger partial charge in [-0.1, -0.05) is 54.6 Å². The first-order valence-corrected chi connectivity index (χ1v) is 11.1. The van der Waals surface area contributed by atoms with Gasteiger partial charge in [0.05, 0.1) is 0 Å². The molecule has 2 heteroatoms. The lowest BCUT2D eigenvalue weighted by atomic mass is 9.94. The lowest BCUT2D eigenvalue weighted by molar-refractivity contribution is 0.158. The molecule has 0 radical (unpaired) electrons. The van der Waals surface area contributed by atoms with E-state index in [1.165, 1.54) is 16.7 Å². The van der Waals surface area contributed by atoms with Gasteiger partial charge in [0, 0.05) is 24.5 Å². The van der Waals surface area contributed by atoms with Crippen LogP contribution in [-0.4, -0.2) is 29.7 Å². The highest BCUT2D eigenvalue weighted by Gasteiger charge is 2.28. The SMILES string of the molecule is CC(C)N(CCc1ccccc1)C(C)CCc1ccc(C2CCCC2F)cc1. The van der Waals surface area contributed by atoms with Gasteiger partial charge in [0.25, 0.3) is 0 Å². The van der Waals surface area contributed by atoms with E-state index in [4.69, 9.17) is 0 Å². The molecule has 1 aliphatic rings. The molecule has 2 aromatic rings. The summed E-state index contributed by atoms with van der Waals surface area (Å²) in [6, 6.07) is 20.6. The molecule has 0 heterocycles. The first-order chi connectivity index (χ1) is 13.5. The second-order valence-corrected chi connectivity index (χ2v) is 8.75. The maximum Gasteiger partial charge on any atom is 0.107 e. The average molecular weight is 382 g/mol. The highest BCUT2D eigenvalue weighted by atomic mass is 19.1. The Hall–Kier alpha value is -1.67. The summed E-state index contributed by atoms with van der Waals surface area (Å²) in [5.41, 5.74) is 3.97. The fourth-order valence-corrected chi connectivity index (χ4v) is 4.65. The predicted octanol–water partition coefficient (Wildman–Crippen LogP) is 6.57. The Balaban J connectivity index is 1.51. The smallest absolute Gasteiger partial charge is 0.107 e. The van der Waals surface area contributed by atoms with Crippen LogP contribution in [0.3, 0.4) is 0 Å². The predicted molar refractivity (Wildman–Crippen MR) is 118 cm³/mol. The van der Waals surface area contributed by atoms with Crippen LogP contribution >= 0.6 is 0 Å². The van der Waals surface area contributed by atoms with Gasteiger partial charge >= 0.3 is 0 Å². The Morgan fingerprint density at radius 3 is 2.18 bits per heavy atom. The van der Waals surface area contributed by atoms with Crippen LogP contribution in [0.5, 0.6) is 0 Å². The molecule has 0 aromatic heterocycles. The summed E-state index contributed by atoms with van der Waals surface area (Å²) in [7, 11) is 0. The zero-order valence-electron chi connectivity index (χ0n) is 17.8. The van der Waals surface area contributed by atoms with Gasteiger partial charge in [-0.2, -0.15) is 0 Å². The molecule has 3 unspecified atom stereocenters. The number of nitrogens with zero attached hydrogens (tertiary/aromatic N) is 1. The molecule has 28 heavy (non-hydrogen) atoms. The summed E-state index contributed by atoms with van der Waals surface area (Å²) in [5.74, 6) is 0.127. The molecule has 0 saturated heterocycles. The van der Waals surface area contributed by atoms with Crippen LogP contribution in [0.1, 0.15) is 69.1 Å². The molecule has 1 saturated carbocycles. The Bertz CT molecular complexity index is 694. The minimum absolute atomic E-state index is 0.127. The Kier molecular flexibility index (Phi) is 7.67. The lowest BCUT2D eigenvalue weighted by Crippen LogP contribution is -2.40. The fraction of sp³-hybridized carbons (Fsp3) is 0.538. The molecule has 0 aliphatic heterocycles. The standard InChI is InChI=1S/C26H36FN/c1-20(2)28(19-18-22-8-5-4-6-9-22)21(3)12-13-23-14-16-24(17-15-23)25-10-7-11-26(25)27/h4-6,8-9,14-17,20-21,25-26H,7,10-13,18-19H2,1-3H3. The number of benzene rings is 2. The molecular weight excluding hydrogens is 345 g/mol. The van der Waals surface area contributed by atoms with Crippen molar-refractivity contribution in [1.29, 1.82) is 0 Å². The third-order valence-electron chi connectivity index (χ3n) is 6.42. The Morgan fingerprint density at radius 1 is 0.893 bits per heavy atom. The second-order valence-electron chi connectivity index (χ2n) is 8.75. The lowest BCUT2D eigenvalue weighted by Gasteiger charge is -2.33. The molecule has 0 spiro atoms. The van der Waals surface area contributed by atoms with Crippen LogP contribution in [-0.2, 0) is 12.8 Å². The fourth-order valence-electron chi connectivity index (χ4n) is 4.65. The molecule has 3 rings (SSSR count). The van der Waals surface area contributed by atoms with Crippen LogP contribution in [0.4, 0.5) is 4.39 Å². The van der Waals surface area contributed by atoms with Gasteiger partial charge in [-0.05, 0) is 76.0 Å². The van der Waals surface area contributed by atoms with E-state index in [9.17, 15) is 4.39 Å². The normalized spacial score (nSPS) is 20.8. The van der Waals surface area contributed by atoms with E-state index in [2.05, 4.69) is 80.3 Å². The minimum atomic E-state index is -0.643. The average Bonchev–Trinajstić information content (AvgIpc) is 3.13.